The Balaban J connectivity index is 1.66. The second-order valence-corrected chi connectivity index (χ2v) is 7.05. The summed E-state index contributed by atoms with van der Waals surface area (Å²) in [6, 6.07) is 5.98. The molecule has 1 heterocycles. The number of benzene rings is 1. The van der Waals surface area contributed by atoms with Crippen LogP contribution in [0, 0.1) is 0 Å². The topological polar surface area (TPSA) is 76.8 Å². The van der Waals surface area contributed by atoms with Crippen LogP contribution in [0.3, 0.4) is 0 Å². The van der Waals surface area contributed by atoms with Crippen molar-refractivity contribution in [3.63, 3.8) is 0 Å². The van der Waals surface area contributed by atoms with E-state index in [4.69, 9.17) is 9.47 Å². The fourth-order valence-corrected chi connectivity index (χ4v) is 3.41. The van der Waals surface area contributed by atoms with Crippen LogP contribution >= 0.6 is 0 Å². The second-order valence-electron chi connectivity index (χ2n) is 7.05. The molecule has 0 radical (unpaired) electrons. The molecule has 2 aromatic rings. The lowest BCUT2D eigenvalue weighted by Gasteiger charge is -2.23. The molecule has 0 aliphatic heterocycles. The first-order valence-corrected chi connectivity index (χ1v) is 9.69. The van der Waals surface area contributed by atoms with Crippen molar-refractivity contribution in [2.45, 2.75) is 44.9 Å². The van der Waals surface area contributed by atoms with E-state index in [2.05, 4.69) is 20.4 Å². The van der Waals surface area contributed by atoms with Crippen molar-refractivity contribution in [2.24, 2.45) is 12.0 Å². The summed E-state index contributed by atoms with van der Waals surface area (Å²) >= 11 is 0. The summed E-state index contributed by atoms with van der Waals surface area (Å²) in [7, 11) is 7.32. The SMILES string of the molecule is CN=C(NCc1ccc(OC)cc1OC1CCCC1)N(C)Cc1ncnn1C. The monoisotopic (exact) mass is 386 g/mol. The summed E-state index contributed by atoms with van der Waals surface area (Å²) in [6.45, 7) is 1.23. The van der Waals surface area contributed by atoms with Gasteiger partial charge in [0.05, 0.1) is 19.8 Å². The van der Waals surface area contributed by atoms with Gasteiger partial charge < -0.3 is 19.7 Å². The number of aliphatic imine (C=N–C) groups is 1. The first kappa shape index (κ1) is 20.0. The summed E-state index contributed by atoms with van der Waals surface area (Å²) < 4.78 is 13.4. The summed E-state index contributed by atoms with van der Waals surface area (Å²) in [6.07, 6.45) is 6.56. The third-order valence-corrected chi connectivity index (χ3v) is 5.06. The number of nitrogens with one attached hydrogen (secondary N) is 1. The summed E-state index contributed by atoms with van der Waals surface area (Å²) in [5.74, 6) is 3.34. The van der Waals surface area contributed by atoms with Gasteiger partial charge in [-0.15, -0.1) is 0 Å². The first-order valence-electron chi connectivity index (χ1n) is 9.69. The van der Waals surface area contributed by atoms with Crippen molar-refractivity contribution in [2.75, 3.05) is 21.2 Å². The van der Waals surface area contributed by atoms with Crippen molar-refractivity contribution >= 4 is 5.96 Å². The second kappa shape index (κ2) is 9.43. The van der Waals surface area contributed by atoms with Gasteiger partial charge in [-0.1, -0.05) is 0 Å². The number of ether oxygens (including phenoxy) is 2. The van der Waals surface area contributed by atoms with Crippen LogP contribution in [0.2, 0.25) is 0 Å². The maximum atomic E-state index is 6.28. The van der Waals surface area contributed by atoms with Gasteiger partial charge in [-0.25, -0.2) is 4.98 Å². The molecule has 28 heavy (non-hydrogen) atoms. The van der Waals surface area contributed by atoms with Crippen LogP contribution in [-0.4, -0.2) is 52.9 Å². The van der Waals surface area contributed by atoms with Crippen molar-refractivity contribution in [1.82, 2.24) is 25.0 Å². The molecule has 0 saturated heterocycles. The van der Waals surface area contributed by atoms with Crippen LogP contribution < -0.4 is 14.8 Å². The molecular weight excluding hydrogens is 356 g/mol. The standard InChI is InChI=1S/C20H30N6O2/c1-21-20(25(2)13-19-23-14-24-26(19)3)22-12-15-9-10-17(27-4)11-18(15)28-16-7-5-6-8-16/h9-11,14,16H,5-8,12-13H2,1-4H3,(H,21,22). The smallest absolute Gasteiger partial charge is 0.194 e. The molecule has 1 N–H and O–H groups in total. The molecule has 1 saturated carbocycles. The molecule has 3 rings (SSSR count). The normalized spacial score (nSPS) is 14.9. The Kier molecular flexibility index (Phi) is 6.73. The van der Waals surface area contributed by atoms with Gasteiger partial charge in [-0.2, -0.15) is 5.10 Å². The number of aromatic nitrogens is 3. The van der Waals surface area contributed by atoms with E-state index >= 15 is 0 Å². The van der Waals surface area contributed by atoms with Gasteiger partial charge in [0, 0.05) is 39.3 Å². The minimum absolute atomic E-state index is 0.295. The van der Waals surface area contributed by atoms with Crippen molar-refractivity contribution in [3.05, 3.63) is 35.9 Å². The molecule has 1 aromatic heterocycles. The van der Waals surface area contributed by atoms with Crippen molar-refractivity contribution < 1.29 is 9.47 Å². The lowest BCUT2D eigenvalue weighted by atomic mass is 10.2. The minimum Gasteiger partial charge on any atom is -0.497 e. The van der Waals surface area contributed by atoms with E-state index in [0.29, 0.717) is 19.2 Å². The van der Waals surface area contributed by atoms with E-state index in [1.165, 1.54) is 12.8 Å². The first-order chi connectivity index (χ1) is 13.6. The van der Waals surface area contributed by atoms with E-state index < -0.39 is 0 Å². The number of guanidine groups is 1. The highest BCUT2D eigenvalue weighted by molar-refractivity contribution is 5.79. The number of methoxy groups -OCH3 is 1. The molecule has 8 heteroatoms. The summed E-state index contributed by atoms with van der Waals surface area (Å²) in [4.78, 5) is 10.7. The number of aryl methyl sites for hydroxylation is 1. The molecule has 1 aliphatic carbocycles. The highest BCUT2D eigenvalue weighted by atomic mass is 16.5. The third-order valence-electron chi connectivity index (χ3n) is 5.06. The summed E-state index contributed by atoms with van der Waals surface area (Å²) in [5, 5.41) is 7.53. The Morgan fingerprint density at radius 2 is 2.14 bits per heavy atom. The molecule has 152 valence electrons. The van der Waals surface area contributed by atoms with Crippen LogP contribution in [0.5, 0.6) is 11.5 Å². The van der Waals surface area contributed by atoms with Crippen LogP contribution in [-0.2, 0) is 20.1 Å². The number of rotatable bonds is 7. The summed E-state index contributed by atoms with van der Waals surface area (Å²) in [5.41, 5.74) is 1.08. The number of hydrogen-bond donors (Lipinski definition) is 1. The number of hydrogen-bond acceptors (Lipinski definition) is 5. The maximum absolute atomic E-state index is 6.28. The molecule has 0 amide bonds. The largest absolute Gasteiger partial charge is 0.497 e. The average Bonchev–Trinajstić information content (AvgIpc) is 3.35. The van der Waals surface area contributed by atoms with Gasteiger partial charge in [0.25, 0.3) is 0 Å². The minimum atomic E-state index is 0.295. The zero-order valence-electron chi connectivity index (χ0n) is 17.2. The van der Waals surface area contributed by atoms with Gasteiger partial charge >= 0.3 is 0 Å². The molecule has 0 atom stereocenters. The van der Waals surface area contributed by atoms with Gasteiger partial charge in [-0.05, 0) is 37.8 Å². The molecule has 1 fully saturated rings. The van der Waals surface area contributed by atoms with Gasteiger partial charge in [0.15, 0.2) is 5.96 Å². The molecule has 1 aliphatic rings. The Morgan fingerprint density at radius 3 is 2.79 bits per heavy atom. The molecule has 0 unspecified atom stereocenters. The van der Waals surface area contributed by atoms with Crippen LogP contribution in [0.15, 0.2) is 29.5 Å². The predicted molar refractivity (Wildman–Crippen MR) is 109 cm³/mol. The molecule has 8 nitrogen and oxygen atoms in total. The fourth-order valence-electron chi connectivity index (χ4n) is 3.41. The Morgan fingerprint density at radius 1 is 1.36 bits per heavy atom. The predicted octanol–water partition coefficient (Wildman–Crippen LogP) is 2.35. The van der Waals surface area contributed by atoms with Gasteiger partial charge in [0.2, 0.25) is 0 Å². The van der Waals surface area contributed by atoms with E-state index in [9.17, 15) is 0 Å². The van der Waals surface area contributed by atoms with E-state index in [0.717, 1.165) is 41.7 Å². The Labute approximate surface area is 166 Å². The number of nitrogens with zero attached hydrogens (tertiary/aromatic N) is 5. The quantitative estimate of drug-likeness (QED) is 0.581. The molecule has 0 spiro atoms. The molecule has 1 aromatic carbocycles. The van der Waals surface area contributed by atoms with Crippen LogP contribution in [0.1, 0.15) is 37.1 Å². The fraction of sp³-hybridized carbons (Fsp3) is 0.550. The van der Waals surface area contributed by atoms with Crippen LogP contribution in [0.25, 0.3) is 0 Å². The molecule has 0 bridgehead atoms. The van der Waals surface area contributed by atoms with Crippen molar-refractivity contribution in [1.29, 1.82) is 0 Å². The lowest BCUT2D eigenvalue weighted by molar-refractivity contribution is 0.207. The van der Waals surface area contributed by atoms with Crippen molar-refractivity contribution in [3.8, 4) is 11.5 Å². The van der Waals surface area contributed by atoms with E-state index in [-0.39, 0.29) is 0 Å². The highest BCUT2D eigenvalue weighted by Crippen LogP contribution is 2.30. The average molecular weight is 387 g/mol. The van der Waals surface area contributed by atoms with Crippen LogP contribution in [0.4, 0.5) is 0 Å². The highest BCUT2D eigenvalue weighted by Gasteiger charge is 2.19. The third kappa shape index (κ3) is 4.94. The Bertz CT molecular complexity index is 798. The van der Waals surface area contributed by atoms with E-state index in [1.54, 1.807) is 25.2 Å². The lowest BCUT2D eigenvalue weighted by Crippen LogP contribution is -2.38. The maximum Gasteiger partial charge on any atom is 0.194 e. The van der Waals surface area contributed by atoms with E-state index in [1.807, 2.05) is 37.2 Å². The zero-order chi connectivity index (χ0) is 19.9. The molecular formula is C20H30N6O2. The zero-order valence-corrected chi connectivity index (χ0v) is 17.2. The van der Waals surface area contributed by atoms with Gasteiger partial charge in [0.1, 0.15) is 23.7 Å². The van der Waals surface area contributed by atoms with Gasteiger partial charge in [-0.3, -0.25) is 9.67 Å². The Hall–Kier alpha value is -2.77.